The number of fused-ring (bicyclic) bond motifs is 1. The number of nitrogens with zero attached hydrogens (tertiary/aromatic N) is 2. The van der Waals surface area contributed by atoms with Gasteiger partial charge in [-0.3, -0.25) is 4.79 Å². The number of hydrogen-bond donors (Lipinski definition) is 0. The molecular formula is C27H28N2O2S. The molecule has 0 aliphatic heterocycles. The van der Waals surface area contributed by atoms with Crippen LogP contribution in [0.1, 0.15) is 30.1 Å². The average Bonchev–Trinajstić information content (AvgIpc) is 3.25. The van der Waals surface area contributed by atoms with Gasteiger partial charge < -0.3 is 9.64 Å². The Bertz CT molecular complexity index is 1170. The van der Waals surface area contributed by atoms with Gasteiger partial charge in [0.15, 0.2) is 0 Å². The first-order valence-corrected chi connectivity index (χ1v) is 11.8. The number of aromatic nitrogens is 1. The van der Waals surface area contributed by atoms with Crippen molar-refractivity contribution in [1.29, 1.82) is 0 Å². The second kappa shape index (κ2) is 10.4. The van der Waals surface area contributed by atoms with E-state index in [0.29, 0.717) is 32.0 Å². The maximum atomic E-state index is 13.0. The van der Waals surface area contributed by atoms with Gasteiger partial charge in [0.2, 0.25) is 5.91 Å². The lowest BCUT2D eigenvalue weighted by atomic mass is 10.1. The molecule has 0 unspecified atom stereocenters. The van der Waals surface area contributed by atoms with E-state index in [1.54, 1.807) is 11.3 Å². The third kappa shape index (κ3) is 5.74. The minimum atomic E-state index is 0.131. The molecule has 0 saturated heterocycles. The standard InChI is InChI=1S/C27H28N2O2S/c1-20(2)16-29(27(30)15-21-9-4-3-5-10-21)17-23-19-32-26(28-23)18-31-25-14-8-12-22-11-6-7-13-24(22)25/h3-14,19-20H,15-18H2,1-2H3. The van der Waals surface area contributed by atoms with E-state index in [4.69, 9.17) is 9.72 Å². The number of amides is 1. The molecule has 0 saturated carbocycles. The van der Waals surface area contributed by atoms with Gasteiger partial charge in [-0.2, -0.15) is 0 Å². The number of benzene rings is 3. The van der Waals surface area contributed by atoms with Crippen LogP contribution >= 0.6 is 11.3 Å². The smallest absolute Gasteiger partial charge is 0.227 e. The van der Waals surface area contributed by atoms with Crippen LogP contribution in [0.5, 0.6) is 5.75 Å². The lowest BCUT2D eigenvalue weighted by Crippen LogP contribution is -2.35. The van der Waals surface area contributed by atoms with Crippen LogP contribution in [-0.4, -0.2) is 22.3 Å². The summed E-state index contributed by atoms with van der Waals surface area (Å²) in [7, 11) is 0. The van der Waals surface area contributed by atoms with Gasteiger partial charge in [-0.05, 0) is 22.9 Å². The second-order valence-corrected chi connectivity index (χ2v) is 9.27. The molecule has 0 N–H and O–H groups in total. The number of thiazole rings is 1. The Hall–Kier alpha value is -3.18. The summed E-state index contributed by atoms with van der Waals surface area (Å²) in [6.45, 7) is 5.92. The van der Waals surface area contributed by atoms with Crippen LogP contribution in [0, 0.1) is 5.92 Å². The first-order valence-electron chi connectivity index (χ1n) is 10.9. The van der Waals surface area contributed by atoms with Crippen molar-refractivity contribution in [2.45, 2.75) is 33.4 Å². The van der Waals surface area contributed by atoms with E-state index in [1.807, 2.05) is 64.9 Å². The molecule has 3 aromatic carbocycles. The van der Waals surface area contributed by atoms with Crippen LogP contribution in [-0.2, 0) is 24.4 Å². The van der Waals surface area contributed by atoms with Crippen molar-refractivity contribution < 1.29 is 9.53 Å². The molecule has 4 nitrogen and oxygen atoms in total. The normalized spacial score (nSPS) is 11.1. The molecule has 1 heterocycles. The molecule has 0 aliphatic rings. The Labute approximate surface area is 193 Å². The van der Waals surface area contributed by atoms with E-state index >= 15 is 0 Å². The Kier molecular flexibility index (Phi) is 7.17. The van der Waals surface area contributed by atoms with Crippen molar-refractivity contribution in [3.05, 3.63) is 94.4 Å². The SMILES string of the molecule is CC(C)CN(Cc1csc(COc2cccc3ccccc23)n1)C(=O)Cc1ccccc1. The Morgan fingerprint density at radius 3 is 2.56 bits per heavy atom. The predicted octanol–water partition coefficient (Wildman–Crippen LogP) is 6.10. The van der Waals surface area contributed by atoms with Gasteiger partial charge in [-0.15, -0.1) is 11.3 Å². The lowest BCUT2D eigenvalue weighted by molar-refractivity contribution is -0.131. The van der Waals surface area contributed by atoms with E-state index in [9.17, 15) is 4.79 Å². The van der Waals surface area contributed by atoms with Crippen LogP contribution in [0.3, 0.4) is 0 Å². The molecule has 0 spiro atoms. The van der Waals surface area contributed by atoms with Gasteiger partial charge in [0.25, 0.3) is 0 Å². The average molecular weight is 445 g/mol. The molecule has 1 aromatic heterocycles. The highest BCUT2D eigenvalue weighted by Crippen LogP contribution is 2.26. The summed E-state index contributed by atoms with van der Waals surface area (Å²) >= 11 is 1.58. The van der Waals surface area contributed by atoms with Crippen molar-refractivity contribution >= 4 is 28.0 Å². The van der Waals surface area contributed by atoms with Gasteiger partial charge >= 0.3 is 0 Å². The Morgan fingerprint density at radius 1 is 1.00 bits per heavy atom. The Balaban J connectivity index is 1.41. The van der Waals surface area contributed by atoms with Gasteiger partial charge in [0.1, 0.15) is 17.4 Å². The van der Waals surface area contributed by atoms with E-state index in [-0.39, 0.29) is 5.91 Å². The van der Waals surface area contributed by atoms with E-state index in [2.05, 4.69) is 32.0 Å². The topological polar surface area (TPSA) is 42.4 Å². The van der Waals surface area contributed by atoms with Crippen molar-refractivity contribution in [3.8, 4) is 5.75 Å². The summed E-state index contributed by atoms with van der Waals surface area (Å²) in [6.07, 6.45) is 0.411. The molecule has 0 bridgehead atoms. The fourth-order valence-electron chi connectivity index (χ4n) is 3.72. The van der Waals surface area contributed by atoms with Gasteiger partial charge in [0, 0.05) is 17.3 Å². The highest BCUT2D eigenvalue weighted by atomic mass is 32.1. The molecule has 32 heavy (non-hydrogen) atoms. The van der Waals surface area contributed by atoms with Gasteiger partial charge in [-0.25, -0.2) is 4.98 Å². The molecule has 164 valence electrons. The van der Waals surface area contributed by atoms with E-state index < -0.39 is 0 Å². The van der Waals surface area contributed by atoms with Crippen molar-refractivity contribution in [2.24, 2.45) is 5.92 Å². The molecule has 0 aliphatic carbocycles. The number of rotatable bonds is 9. The van der Waals surface area contributed by atoms with E-state index in [0.717, 1.165) is 32.8 Å². The van der Waals surface area contributed by atoms with Gasteiger partial charge in [-0.1, -0.05) is 80.6 Å². The second-order valence-electron chi connectivity index (χ2n) is 8.33. The largest absolute Gasteiger partial charge is 0.486 e. The van der Waals surface area contributed by atoms with Crippen molar-refractivity contribution in [1.82, 2.24) is 9.88 Å². The van der Waals surface area contributed by atoms with Gasteiger partial charge in [0.05, 0.1) is 18.7 Å². The number of hydrogen-bond acceptors (Lipinski definition) is 4. The molecule has 0 atom stereocenters. The van der Waals surface area contributed by atoms with Crippen LogP contribution < -0.4 is 4.74 Å². The lowest BCUT2D eigenvalue weighted by Gasteiger charge is -2.24. The number of carbonyl (C=O) groups excluding carboxylic acids is 1. The predicted molar refractivity (Wildman–Crippen MR) is 131 cm³/mol. The van der Waals surface area contributed by atoms with E-state index in [1.165, 1.54) is 0 Å². The fourth-order valence-corrected chi connectivity index (χ4v) is 4.42. The highest BCUT2D eigenvalue weighted by molar-refractivity contribution is 7.09. The third-order valence-corrected chi connectivity index (χ3v) is 6.06. The monoisotopic (exact) mass is 444 g/mol. The summed E-state index contributed by atoms with van der Waals surface area (Å²) in [5, 5.41) is 5.20. The third-order valence-electron chi connectivity index (χ3n) is 5.19. The zero-order chi connectivity index (χ0) is 22.3. The number of ether oxygens (including phenoxy) is 1. The zero-order valence-corrected chi connectivity index (χ0v) is 19.3. The molecule has 0 fully saturated rings. The molecule has 4 aromatic rings. The van der Waals surface area contributed by atoms with Crippen molar-refractivity contribution in [2.75, 3.05) is 6.54 Å². The van der Waals surface area contributed by atoms with Crippen LogP contribution in [0.4, 0.5) is 0 Å². The van der Waals surface area contributed by atoms with Crippen molar-refractivity contribution in [3.63, 3.8) is 0 Å². The quantitative estimate of drug-likeness (QED) is 0.313. The summed E-state index contributed by atoms with van der Waals surface area (Å²) in [5.41, 5.74) is 1.95. The number of carbonyl (C=O) groups is 1. The molecule has 1 amide bonds. The highest BCUT2D eigenvalue weighted by Gasteiger charge is 2.17. The fraction of sp³-hybridized carbons (Fsp3) is 0.259. The molecule has 0 radical (unpaired) electrons. The summed E-state index contributed by atoms with van der Waals surface area (Å²) in [5.74, 6) is 1.38. The molecular weight excluding hydrogens is 416 g/mol. The minimum Gasteiger partial charge on any atom is -0.486 e. The minimum absolute atomic E-state index is 0.131. The van der Waals surface area contributed by atoms with Crippen LogP contribution in [0.25, 0.3) is 10.8 Å². The maximum Gasteiger partial charge on any atom is 0.227 e. The van der Waals surface area contributed by atoms with Crippen LogP contribution in [0.15, 0.2) is 78.2 Å². The summed E-state index contributed by atoms with van der Waals surface area (Å²) < 4.78 is 6.08. The first kappa shape index (κ1) is 22.0. The molecule has 5 heteroatoms. The van der Waals surface area contributed by atoms with Crippen LogP contribution in [0.2, 0.25) is 0 Å². The summed E-state index contributed by atoms with van der Waals surface area (Å²) in [6, 6.07) is 24.2. The zero-order valence-electron chi connectivity index (χ0n) is 18.5. The first-order chi connectivity index (χ1) is 15.6. The summed E-state index contributed by atoms with van der Waals surface area (Å²) in [4.78, 5) is 19.6. The Morgan fingerprint density at radius 2 is 1.75 bits per heavy atom. The molecule has 4 rings (SSSR count). The maximum absolute atomic E-state index is 13.0.